The van der Waals surface area contributed by atoms with Crippen molar-refractivity contribution < 1.29 is 13.9 Å². The summed E-state index contributed by atoms with van der Waals surface area (Å²) < 4.78 is 19.0. The molecule has 18 heavy (non-hydrogen) atoms. The summed E-state index contributed by atoms with van der Waals surface area (Å²) in [5.74, 6) is 0.149. The van der Waals surface area contributed by atoms with Gasteiger partial charge in [0.05, 0.1) is 6.54 Å². The summed E-state index contributed by atoms with van der Waals surface area (Å²) in [7, 11) is 0. The van der Waals surface area contributed by atoms with Crippen LogP contribution in [0.3, 0.4) is 0 Å². The fourth-order valence-electron chi connectivity index (χ4n) is 1.69. The quantitative estimate of drug-likeness (QED) is 0.843. The first-order valence-corrected chi connectivity index (χ1v) is 6.39. The third-order valence-corrected chi connectivity index (χ3v) is 3.04. The molecule has 0 spiro atoms. The summed E-state index contributed by atoms with van der Waals surface area (Å²) >= 11 is 0. The molecule has 0 aromatic heterocycles. The van der Waals surface area contributed by atoms with E-state index in [2.05, 4.69) is 5.32 Å². The van der Waals surface area contributed by atoms with Gasteiger partial charge in [0.1, 0.15) is 6.10 Å². The summed E-state index contributed by atoms with van der Waals surface area (Å²) in [6, 6.07) is 6.32. The average molecular weight is 251 g/mol. The Morgan fingerprint density at radius 2 is 2.22 bits per heavy atom. The molecule has 1 atom stereocenters. The molecule has 1 aliphatic rings. The van der Waals surface area contributed by atoms with Crippen LogP contribution in [-0.4, -0.2) is 18.6 Å². The molecule has 1 amide bonds. The Labute approximate surface area is 106 Å². The van der Waals surface area contributed by atoms with Gasteiger partial charge < -0.3 is 10.1 Å². The van der Waals surface area contributed by atoms with Crippen molar-refractivity contribution in [2.75, 3.05) is 6.54 Å². The highest BCUT2D eigenvalue weighted by Crippen LogP contribution is 2.28. The van der Waals surface area contributed by atoms with Crippen molar-refractivity contribution in [2.45, 2.75) is 32.3 Å². The van der Waals surface area contributed by atoms with E-state index in [4.69, 9.17) is 4.74 Å². The lowest BCUT2D eigenvalue weighted by atomic mass is 10.2. The van der Waals surface area contributed by atoms with Gasteiger partial charge >= 0.3 is 0 Å². The Morgan fingerprint density at radius 1 is 1.50 bits per heavy atom. The van der Waals surface area contributed by atoms with E-state index in [9.17, 15) is 9.18 Å². The SMILES string of the molecule is CC[C@H](CNC(=O)C1CC1)Oc1ccccc1F. The molecule has 0 bridgehead atoms. The van der Waals surface area contributed by atoms with Crippen LogP contribution in [0.5, 0.6) is 5.75 Å². The maximum atomic E-state index is 13.4. The number of carbonyl (C=O) groups excluding carboxylic acids is 1. The number of hydrogen-bond acceptors (Lipinski definition) is 2. The smallest absolute Gasteiger partial charge is 0.223 e. The van der Waals surface area contributed by atoms with E-state index in [-0.39, 0.29) is 29.5 Å². The van der Waals surface area contributed by atoms with Crippen molar-refractivity contribution >= 4 is 5.91 Å². The highest BCUT2D eigenvalue weighted by atomic mass is 19.1. The first kappa shape index (κ1) is 12.9. The van der Waals surface area contributed by atoms with Gasteiger partial charge in [-0.25, -0.2) is 4.39 Å². The molecule has 0 saturated heterocycles. The summed E-state index contributed by atoms with van der Waals surface area (Å²) in [5, 5.41) is 2.85. The first-order valence-electron chi connectivity index (χ1n) is 6.39. The molecule has 3 nitrogen and oxygen atoms in total. The van der Waals surface area contributed by atoms with E-state index in [1.54, 1.807) is 18.2 Å². The zero-order valence-corrected chi connectivity index (χ0v) is 10.5. The Bertz CT molecular complexity index is 418. The molecule has 1 aromatic carbocycles. The van der Waals surface area contributed by atoms with E-state index in [1.807, 2.05) is 6.92 Å². The summed E-state index contributed by atoms with van der Waals surface area (Å²) in [4.78, 5) is 11.5. The van der Waals surface area contributed by atoms with Gasteiger partial charge in [0.2, 0.25) is 5.91 Å². The normalized spacial score (nSPS) is 16.1. The highest BCUT2D eigenvalue weighted by molar-refractivity contribution is 5.80. The van der Waals surface area contributed by atoms with Crippen LogP contribution in [0, 0.1) is 11.7 Å². The summed E-state index contributed by atoms with van der Waals surface area (Å²) in [6.07, 6.45) is 2.50. The topological polar surface area (TPSA) is 38.3 Å². The fourth-order valence-corrected chi connectivity index (χ4v) is 1.69. The van der Waals surface area contributed by atoms with E-state index < -0.39 is 0 Å². The third-order valence-electron chi connectivity index (χ3n) is 3.04. The Morgan fingerprint density at radius 3 is 2.83 bits per heavy atom. The van der Waals surface area contributed by atoms with Crippen LogP contribution in [0.1, 0.15) is 26.2 Å². The zero-order valence-electron chi connectivity index (χ0n) is 10.5. The predicted molar refractivity (Wildman–Crippen MR) is 66.8 cm³/mol. The predicted octanol–water partition coefficient (Wildman–Crippen LogP) is 2.51. The molecule has 1 aliphatic carbocycles. The number of benzene rings is 1. The van der Waals surface area contributed by atoms with Crippen LogP contribution in [0.15, 0.2) is 24.3 Å². The van der Waals surface area contributed by atoms with Crippen LogP contribution < -0.4 is 10.1 Å². The van der Waals surface area contributed by atoms with Gasteiger partial charge in [0, 0.05) is 5.92 Å². The van der Waals surface area contributed by atoms with E-state index in [1.165, 1.54) is 6.07 Å². The molecule has 1 N–H and O–H groups in total. The Balaban J connectivity index is 1.84. The van der Waals surface area contributed by atoms with Crippen molar-refractivity contribution in [1.82, 2.24) is 5.32 Å². The molecule has 4 heteroatoms. The van der Waals surface area contributed by atoms with Gasteiger partial charge in [-0.05, 0) is 31.4 Å². The lowest BCUT2D eigenvalue weighted by Crippen LogP contribution is -2.35. The number of ether oxygens (including phenoxy) is 1. The minimum absolute atomic E-state index is 0.0885. The Hall–Kier alpha value is -1.58. The van der Waals surface area contributed by atoms with E-state index in [0.29, 0.717) is 6.54 Å². The van der Waals surface area contributed by atoms with Crippen molar-refractivity contribution in [2.24, 2.45) is 5.92 Å². The summed E-state index contributed by atoms with van der Waals surface area (Å²) in [5.41, 5.74) is 0. The molecule has 0 aliphatic heterocycles. The Kier molecular flexibility index (Phi) is 4.18. The van der Waals surface area contributed by atoms with Crippen LogP contribution in [-0.2, 0) is 4.79 Å². The van der Waals surface area contributed by atoms with E-state index in [0.717, 1.165) is 19.3 Å². The lowest BCUT2D eigenvalue weighted by Gasteiger charge is -2.18. The van der Waals surface area contributed by atoms with Gasteiger partial charge in [0.25, 0.3) is 0 Å². The molecule has 0 radical (unpaired) electrons. The van der Waals surface area contributed by atoms with Crippen molar-refractivity contribution in [3.8, 4) is 5.75 Å². The average Bonchev–Trinajstić information content (AvgIpc) is 3.20. The number of para-hydroxylation sites is 1. The maximum Gasteiger partial charge on any atom is 0.223 e. The molecule has 98 valence electrons. The van der Waals surface area contributed by atoms with Crippen molar-refractivity contribution in [3.05, 3.63) is 30.1 Å². The second-order valence-corrected chi connectivity index (χ2v) is 4.60. The van der Waals surface area contributed by atoms with E-state index >= 15 is 0 Å². The number of hydrogen-bond donors (Lipinski definition) is 1. The molecular weight excluding hydrogens is 233 g/mol. The fraction of sp³-hybridized carbons (Fsp3) is 0.500. The van der Waals surface area contributed by atoms with Crippen molar-refractivity contribution in [1.29, 1.82) is 0 Å². The number of halogens is 1. The number of carbonyl (C=O) groups is 1. The number of rotatable bonds is 6. The maximum absolute atomic E-state index is 13.4. The molecule has 0 unspecified atom stereocenters. The van der Waals surface area contributed by atoms with Crippen LogP contribution >= 0.6 is 0 Å². The molecule has 1 fully saturated rings. The highest BCUT2D eigenvalue weighted by Gasteiger charge is 2.29. The minimum atomic E-state index is -0.371. The molecule has 1 aromatic rings. The monoisotopic (exact) mass is 251 g/mol. The van der Waals surface area contributed by atoms with Gasteiger partial charge in [-0.2, -0.15) is 0 Å². The van der Waals surface area contributed by atoms with Gasteiger partial charge in [0.15, 0.2) is 11.6 Å². The van der Waals surface area contributed by atoms with Gasteiger partial charge in [-0.1, -0.05) is 19.1 Å². The second kappa shape index (κ2) is 5.85. The van der Waals surface area contributed by atoms with Crippen LogP contribution in [0.25, 0.3) is 0 Å². The molecule has 1 saturated carbocycles. The zero-order chi connectivity index (χ0) is 13.0. The van der Waals surface area contributed by atoms with Crippen molar-refractivity contribution in [3.63, 3.8) is 0 Å². The molecule has 2 rings (SSSR count). The number of amides is 1. The van der Waals surface area contributed by atoms with Gasteiger partial charge in [-0.15, -0.1) is 0 Å². The summed E-state index contributed by atoms with van der Waals surface area (Å²) in [6.45, 7) is 2.38. The number of nitrogens with one attached hydrogen (secondary N) is 1. The standard InChI is InChI=1S/C14H18FNO2/c1-2-11(9-16-14(17)10-7-8-10)18-13-6-4-3-5-12(13)15/h3-6,10-11H,2,7-9H2,1H3,(H,16,17)/t11-/m1/s1. The van der Waals surface area contributed by atoms with Gasteiger partial charge in [-0.3, -0.25) is 4.79 Å². The third kappa shape index (κ3) is 3.45. The first-order chi connectivity index (χ1) is 8.70. The molecular formula is C14H18FNO2. The second-order valence-electron chi connectivity index (χ2n) is 4.60. The largest absolute Gasteiger partial charge is 0.486 e. The lowest BCUT2D eigenvalue weighted by molar-refractivity contribution is -0.122. The van der Waals surface area contributed by atoms with Crippen LogP contribution in [0.2, 0.25) is 0 Å². The molecule has 0 heterocycles. The minimum Gasteiger partial charge on any atom is -0.486 e. The van der Waals surface area contributed by atoms with Crippen LogP contribution in [0.4, 0.5) is 4.39 Å².